The Kier molecular flexibility index (Phi) is 8.75. The molecule has 0 fully saturated rings. The topological polar surface area (TPSA) is 72.8 Å². The molecule has 2 aromatic rings. The molecule has 0 saturated carbocycles. The van der Waals surface area contributed by atoms with E-state index in [1.54, 1.807) is 23.9 Å². The first-order valence-electron chi connectivity index (χ1n) is 10.7. The molecule has 164 valence electrons. The zero-order valence-electron chi connectivity index (χ0n) is 18.0. The van der Waals surface area contributed by atoms with Gasteiger partial charge in [-0.05, 0) is 61.4 Å². The van der Waals surface area contributed by atoms with Crippen LogP contribution in [0.5, 0.6) is 0 Å². The van der Waals surface area contributed by atoms with Gasteiger partial charge in [0, 0.05) is 15.4 Å². The molecule has 0 unspecified atom stereocenters. The van der Waals surface area contributed by atoms with E-state index in [1.807, 2.05) is 42.5 Å². The Labute approximate surface area is 192 Å². The molecular formula is C26H25NO4S. The fourth-order valence-corrected chi connectivity index (χ4v) is 3.89. The molecule has 1 aliphatic rings. The quantitative estimate of drug-likeness (QED) is 0.106. The maximum Gasteiger partial charge on any atom is 0.270 e. The zero-order chi connectivity index (χ0) is 22.8. The van der Waals surface area contributed by atoms with Crippen molar-refractivity contribution >= 4 is 34.8 Å². The van der Waals surface area contributed by atoms with Gasteiger partial charge < -0.3 is 4.84 Å². The second-order valence-corrected chi connectivity index (χ2v) is 8.44. The van der Waals surface area contributed by atoms with Crippen molar-refractivity contribution in [3.8, 4) is 0 Å². The van der Waals surface area contributed by atoms with Gasteiger partial charge >= 0.3 is 0 Å². The number of hydrogen-bond acceptors (Lipinski definition) is 6. The third-order valence-corrected chi connectivity index (χ3v) is 5.84. The van der Waals surface area contributed by atoms with Gasteiger partial charge in [0.05, 0.1) is 0 Å². The monoisotopic (exact) mass is 447 g/mol. The van der Waals surface area contributed by atoms with Crippen LogP contribution in [0.25, 0.3) is 0 Å². The number of ketones is 3. The molecule has 0 amide bonds. The van der Waals surface area contributed by atoms with Crippen molar-refractivity contribution in [2.24, 2.45) is 5.16 Å². The van der Waals surface area contributed by atoms with Crippen molar-refractivity contribution in [2.45, 2.75) is 48.8 Å². The molecule has 1 aliphatic carbocycles. The third kappa shape index (κ3) is 6.62. The van der Waals surface area contributed by atoms with E-state index in [-0.39, 0.29) is 17.3 Å². The molecule has 0 saturated heterocycles. The Morgan fingerprint density at radius 2 is 1.66 bits per heavy atom. The van der Waals surface area contributed by atoms with Crippen LogP contribution in [0.2, 0.25) is 0 Å². The number of oxime groups is 1. The highest BCUT2D eigenvalue weighted by Crippen LogP contribution is 2.27. The predicted molar refractivity (Wildman–Crippen MR) is 126 cm³/mol. The Morgan fingerprint density at radius 3 is 2.38 bits per heavy atom. The normalized spacial score (nSPS) is 13.8. The molecule has 6 heteroatoms. The molecule has 0 spiro atoms. The first kappa shape index (κ1) is 23.4. The van der Waals surface area contributed by atoms with E-state index in [1.165, 1.54) is 18.2 Å². The Morgan fingerprint density at radius 1 is 0.938 bits per heavy atom. The van der Waals surface area contributed by atoms with Gasteiger partial charge in [0.1, 0.15) is 5.71 Å². The van der Waals surface area contributed by atoms with Crippen LogP contribution < -0.4 is 0 Å². The largest absolute Gasteiger partial charge is 0.352 e. The molecule has 3 rings (SSSR count). The van der Waals surface area contributed by atoms with E-state index in [2.05, 4.69) is 12.1 Å². The number of nitrogens with zero attached hydrogens (tertiary/aromatic N) is 1. The maximum atomic E-state index is 13.1. The summed E-state index contributed by atoms with van der Waals surface area (Å²) in [7, 11) is 0. The lowest BCUT2D eigenvalue weighted by atomic mass is 10.0. The Balaban J connectivity index is 1.73. The first-order valence-corrected chi connectivity index (χ1v) is 11.5. The van der Waals surface area contributed by atoms with Crippen molar-refractivity contribution in [3.05, 3.63) is 84.1 Å². The molecular weight excluding hydrogens is 422 g/mol. The lowest BCUT2D eigenvalue weighted by Gasteiger charge is -2.09. The van der Waals surface area contributed by atoms with Crippen LogP contribution in [0.15, 0.2) is 93.5 Å². The van der Waals surface area contributed by atoms with E-state index in [4.69, 9.17) is 4.84 Å². The number of carbonyl (C=O) groups is 3. The average Bonchev–Trinajstić information content (AvgIpc) is 2.82. The van der Waals surface area contributed by atoms with Gasteiger partial charge in [-0.25, -0.2) is 0 Å². The van der Waals surface area contributed by atoms with Crippen LogP contribution in [0.4, 0.5) is 0 Å². The summed E-state index contributed by atoms with van der Waals surface area (Å²) >= 11 is 1.62. The number of carbonyl (C=O) groups excluding carboxylic acids is 3. The highest BCUT2D eigenvalue weighted by molar-refractivity contribution is 7.99. The second kappa shape index (κ2) is 12.0. The molecule has 32 heavy (non-hydrogen) atoms. The number of allylic oxidation sites excluding steroid dienone is 4. The predicted octanol–water partition coefficient (Wildman–Crippen LogP) is 5.96. The van der Waals surface area contributed by atoms with Crippen LogP contribution in [-0.2, 0) is 14.4 Å². The molecule has 5 nitrogen and oxygen atoms in total. The minimum Gasteiger partial charge on any atom is -0.352 e. The second-order valence-electron chi connectivity index (χ2n) is 7.29. The van der Waals surface area contributed by atoms with Gasteiger partial charge in [-0.2, -0.15) is 0 Å². The number of benzene rings is 2. The number of rotatable bonds is 11. The molecule has 2 aromatic carbocycles. The van der Waals surface area contributed by atoms with Crippen molar-refractivity contribution < 1.29 is 19.2 Å². The van der Waals surface area contributed by atoms with Crippen LogP contribution in [-0.4, -0.2) is 23.1 Å². The van der Waals surface area contributed by atoms with E-state index < -0.39 is 11.6 Å². The summed E-state index contributed by atoms with van der Waals surface area (Å²) in [4.78, 5) is 43.9. The minimum absolute atomic E-state index is 0.175. The first-order chi connectivity index (χ1) is 15.6. The number of hydrogen-bond donors (Lipinski definition) is 0. The lowest BCUT2D eigenvalue weighted by molar-refractivity contribution is -0.133. The van der Waals surface area contributed by atoms with Crippen molar-refractivity contribution in [3.63, 3.8) is 0 Å². The van der Waals surface area contributed by atoms with Crippen LogP contribution >= 0.6 is 11.8 Å². The standard InChI is InChI=1S/C26H25NO4S/c1-2-3-4-8-12-22(27-31-24-14-9-13-23(28)26(24)30)25(29)19-15-17-21(18-16-19)32-20-10-6-5-7-11-20/h5-7,9-11,13-18H,2-4,8,12H2,1H3. The van der Waals surface area contributed by atoms with Gasteiger partial charge in [0.2, 0.25) is 17.3 Å². The SMILES string of the molecule is CCCCCCC(=NOC1=CC=CC(=O)C1=O)C(=O)c1ccc(Sc2ccccc2)cc1. The summed E-state index contributed by atoms with van der Waals surface area (Å²) in [6.07, 6.45) is 8.32. The summed E-state index contributed by atoms with van der Waals surface area (Å²) in [5.41, 5.74) is 0.737. The highest BCUT2D eigenvalue weighted by atomic mass is 32.2. The van der Waals surface area contributed by atoms with Crippen molar-refractivity contribution in [1.29, 1.82) is 0 Å². The van der Waals surface area contributed by atoms with Gasteiger partial charge in [0.15, 0.2) is 0 Å². The lowest BCUT2D eigenvalue weighted by Crippen LogP contribution is -2.19. The van der Waals surface area contributed by atoms with Crippen LogP contribution in [0.3, 0.4) is 0 Å². The Hall–Kier alpha value is -3.25. The molecule has 0 aliphatic heterocycles. The number of Topliss-reactive ketones (excluding diaryl/α,β-unsaturated/α-hetero) is 2. The maximum absolute atomic E-state index is 13.1. The van der Waals surface area contributed by atoms with E-state index in [9.17, 15) is 14.4 Å². The molecule has 0 N–H and O–H groups in total. The van der Waals surface area contributed by atoms with E-state index in [0.717, 1.165) is 35.5 Å². The van der Waals surface area contributed by atoms with Gasteiger partial charge in [-0.15, -0.1) is 0 Å². The summed E-state index contributed by atoms with van der Waals surface area (Å²) in [6.45, 7) is 2.12. The van der Waals surface area contributed by atoms with Gasteiger partial charge in [-0.3, -0.25) is 14.4 Å². The molecule has 0 atom stereocenters. The van der Waals surface area contributed by atoms with Crippen LogP contribution in [0.1, 0.15) is 49.4 Å². The minimum atomic E-state index is -0.767. The molecule has 0 heterocycles. The third-order valence-electron chi connectivity index (χ3n) is 4.82. The summed E-state index contributed by atoms with van der Waals surface area (Å²) < 4.78 is 0. The van der Waals surface area contributed by atoms with Gasteiger partial charge in [0.25, 0.3) is 5.78 Å². The van der Waals surface area contributed by atoms with Gasteiger partial charge in [-0.1, -0.05) is 67.4 Å². The fraction of sp³-hybridized carbons (Fsp3) is 0.231. The van der Waals surface area contributed by atoms with Crippen molar-refractivity contribution in [1.82, 2.24) is 0 Å². The fourth-order valence-electron chi connectivity index (χ4n) is 3.06. The van der Waals surface area contributed by atoms with Crippen LogP contribution in [0, 0.1) is 0 Å². The summed E-state index contributed by atoms with van der Waals surface area (Å²) in [6, 6.07) is 17.3. The molecule has 0 aromatic heterocycles. The molecule has 0 radical (unpaired) electrons. The molecule has 0 bridgehead atoms. The van der Waals surface area contributed by atoms with Crippen molar-refractivity contribution in [2.75, 3.05) is 0 Å². The highest BCUT2D eigenvalue weighted by Gasteiger charge is 2.22. The van der Waals surface area contributed by atoms with E-state index in [0.29, 0.717) is 12.0 Å². The Bertz CT molecular complexity index is 1050. The average molecular weight is 448 g/mol. The van der Waals surface area contributed by atoms with E-state index >= 15 is 0 Å². The summed E-state index contributed by atoms with van der Waals surface area (Å²) in [5, 5.41) is 3.98. The zero-order valence-corrected chi connectivity index (χ0v) is 18.8. The summed E-state index contributed by atoms with van der Waals surface area (Å²) in [5.74, 6) is -1.86. The smallest absolute Gasteiger partial charge is 0.270 e. The number of unbranched alkanes of at least 4 members (excludes halogenated alkanes) is 3.